The van der Waals surface area contributed by atoms with E-state index in [0.717, 1.165) is 0 Å². The number of aliphatic hydroxyl groups excluding tert-OH is 1. The lowest BCUT2D eigenvalue weighted by molar-refractivity contribution is 0.210. The van der Waals surface area contributed by atoms with Crippen LogP contribution in [0.5, 0.6) is 0 Å². The highest BCUT2D eigenvalue weighted by Gasteiger charge is 2.23. The first-order valence-electron chi connectivity index (χ1n) is 3.83. The number of aliphatic hydroxyl groups is 1. The number of halogens is 2. The molecule has 3 N–H and O–H groups in total. The molecule has 0 spiro atoms. The molecule has 0 fully saturated rings. The van der Waals surface area contributed by atoms with Crippen LogP contribution in [-0.2, 0) is 5.54 Å². The van der Waals surface area contributed by atoms with E-state index in [2.05, 4.69) is 0 Å². The van der Waals surface area contributed by atoms with Crippen molar-refractivity contribution in [3.8, 4) is 0 Å². The van der Waals surface area contributed by atoms with Gasteiger partial charge in [0.1, 0.15) is 0 Å². The molecule has 0 bridgehead atoms. The van der Waals surface area contributed by atoms with Gasteiger partial charge in [-0.25, -0.2) is 0 Å². The van der Waals surface area contributed by atoms with Crippen LogP contribution >= 0.6 is 23.2 Å². The number of nitrogens with two attached hydrogens (primary N) is 1. The first-order chi connectivity index (χ1) is 5.99. The molecule has 4 heteroatoms. The Balaban J connectivity index is 3.22. The molecular formula is C9H11Cl2NO. The van der Waals surface area contributed by atoms with Crippen molar-refractivity contribution in [3.63, 3.8) is 0 Å². The molecule has 0 radical (unpaired) electrons. The zero-order valence-electron chi connectivity index (χ0n) is 7.22. The minimum absolute atomic E-state index is 0.174. The van der Waals surface area contributed by atoms with Gasteiger partial charge in [0.2, 0.25) is 0 Å². The third kappa shape index (κ3) is 2.15. The fourth-order valence-corrected chi connectivity index (χ4v) is 1.55. The zero-order valence-corrected chi connectivity index (χ0v) is 8.73. The standard InChI is InChI=1S/C9H11Cl2NO/c1-9(12,5-13)6-3-2-4-7(10)8(6)11/h2-4,13H,5,12H2,1H3. The summed E-state index contributed by atoms with van der Waals surface area (Å²) < 4.78 is 0. The molecule has 1 rings (SSSR count). The second kappa shape index (κ2) is 3.84. The number of hydrogen-bond acceptors (Lipinski definition) is 2. The average molecular weight is 220 g/mol. The maximum absolute atomic E-state index is 9.04. The molecule has 0 saturated heterocycles. The molecule has 1 aromatic carbocycles. The fourth-order valence-electron chi connectivity index (χ4n) is 1.03. The Hall–Kier alpha value is -0.280. The Bertz CT molecular complexity index is 312. The van der Waals surface area contributed by atoms with Crippen LogP contribution in [0.2, 0.25) is 10.0 Å². The molecule has 1 atom stereocenters. The van der Waals surface area contributed by atoms with E-state index in [4.69, 9.17) is 34.0 Å². The van der Waals surface area contributed by atoms with E-state index < -0.39 is 5.54 Å². The van der Waals surface area contributed by atoms with Gasteiger partial charge in [-0.3, -0.25) is 0 Å². The van der Waals surface area contributed by atoms with Crippen molar-refractivity contribution in [2.24, 2.45) is 5.73 Å². The SMILES string of the molecule is CC(N)(CO)c1cccc(Cl)c1Cl. The van der Waals surface area contributed by atoms with Crippen LogP contribution in [0.4, 0.5) is 0 Å². The summed E-state index contributed by atoms with van der Waals surface area (Å²) in [6, 6.07) is 5.19. The molecule has 0 aliphatic carbocycles. The second-order valence-electron chi connectivity index (χ2n) is 3.18. The van der Waals surface area contributed by atoms with E-state index >= 15 is 0 Å². The van der Waals surface area contributed by atoms with E-state index in [-0.39, 0.29) is 6.61 Å². The quantitative estimate of drug-likeness (QED) is 0.802. The number of rotatable bonds is 2. The summed E-state index contributed by atoms with van der Waals surface area (Å²) in [5.41, 5.74) is 5.63. The summed E-state index contributed by atoms with van der Waals surface area (Å²) in [6.45, 7) is 1.53. The first kappa shape index (κ1) is 10.8. The van der Waals surface area contributed by atoms with E-state index in [1.165, 1.54) is 0 Å². The highest BCUT2D eigenvalue weighted by molar-refractivity contribution is 6.42. The molecule has 13 heavy (non-hydrogen) atoms. The zero-order chi connectivity index (χ0) is 10.1. The lowest BCUT2D eigenvalue weighted by atomic mass is 9.94. The molecule has 0 aromatic heterocycles. The van der Waals surface area contributed by atoms with Crippen molar-refractivity contribution >= 4 is 23.2 Å². The van der Waals surface area contributed by atoms with Gasteiger partial charge in [0.15, 0.2) is 0 Å². The van der Waals surface area contributed by atoms with Crippen LogP contribution in [0.1, 0.15) is 12.5 Å². The van der Waals surface area contributed by atoms with Gasteiger partial charge in [-0.05, 0) is 18.6 Å². The molecule has 1 aromatic rings. The minimum Gasteiger partial charge on any atom is -0.394 e. The maximum Gasteiger partial charge on any atom is 0.0651 e. The van der Waals surface area contributed by atoms with Crippen molar-refractivity contribution in [2.45, 2.75) is 12.5 Å². The highest BCUT2D eigenvalue weighted by Crippen LogP contribution is 2.31. The summed E-state index contributed by atoms with van der Waals surface area (Å²) in [6.07, 6.45) is 0. The molecule has 0 saturated carbocycles. The van der Waals surface area contributed by atoms with E-state index in [9.17, 15) is 0 Å². The third-order valence-electron chi connectivity index (χ3n) is 1.90. The van der Waals surface area contributed by atoms with Gasteiger partial charge in [0.05, 0.1) is 22.2 Å². The van der Waals surface area contributed by atoms with Crippen LogP contribution in [0.25, 0.3) is 0 Å². The first-order valence-corrected chi connectivity index (χ1v) is 4.59. The lowest BCUT2D eigenvalue weighted by Gasteiger charge is -2.23. The van der Waals surface area contributed by atoms with Gasteiger partial charge in [-0.15, -0.1) is 0 Å². The van der Waals surface area contributed by atoms with Crippen LogP contribution in [0, 0.1) is 0 Å². The maximum atomic E-state index is 9.04. The van der Waals surface area contributed by atoms with Gasteiger partial charge >= 0.3 is 0 Å². The van der Waals surface area contributed by atoms with Crippen molar-refractivity contribution < 1.29 is 5.11 Å². The summed E-state index contributed by atoms with van der Waals surface area (Å²) >= 11 is 11.7. The smallest absolute Gasteiger partial charge is 0.0651 e. The predicted octanol–water partition coefficient (Wildman–Crippen LogP) is 2.16. The fraction of sp³-hybridized carbons (Fsp3) is 0.333. The van der Waals surface area contributed by atoms with E-state index in [0.29, 0.717) is 15.6 Å². The highest BCUT2D eigenvalue weighted by atomic mass is 35.5. The Morgan fingerprint density at radius 2 is 2.08 bits per heavy atom. The topological polar surface area (TPSA) is 46.2 Å². The van der Waals surface area contributed by atoms with Gasteiger partial charge in [0.25, 0.3) is 0 Å². The Morgan fingerprint density at radius 3 is 2.62 bits per heavy atom. The number of benzene rings is 1. The molecule has 2 nitrogen and oxygen atoms in total. The second-order valence-corrected chi connectivity index (χ2v) is 3.96. The normalized spacial score (nSPS) is 15.5. The lowest BCUT2D eigenvalue weighted by Crippen LogP contribution is -2.37. The van der Waals surface area contributed by atoms with Gasteiger partial charge in [0, 0.05) is 0 Å². The molecule has 72 valence electrons. The van der Waals surface area contributed by atoms with E-state index in [1.807, 2.05) is 0 Å². The predicted molar refractivity (Wildman–Crippen MR) is 55.1 cm³/mol. The van der Waals surface area contributed by atoms with Gasteiger partial charge in [-0.1, -0.05) is 35.3 Å². The molecule has 1 unspecified atom stereocenters. The van der Waals surface area contributed by atoms with Crippen LogP contribution in [0.3, 0.4) is 0 Å². The van der Waals surface area contributed by atoms with Gasteiger partial charge < -0.3 is 10.8 Å². The van der Waals surface area contributed by atoms with Crippen molar-refractivity contribution in [1.82, 2.24) is 0 Å². The van der Waals surface area contributed by atoms with Crippen LogP contribution in [-0.4, -0.2) is 11.7 Å². The monoisotopic (exact) mass is 219 g/mol. The van der Waals surface area contributed by atoms with Gasteiger partial charge in [-0.2, -0.15) is 0 Å². The average Bonchev–Trinajstić information content (AvgIpc) is 2.09. The minimum atomic E-state index is -0.845. The van der Waals surface area contributed by atoms with Crippen LogP contribution in [0.15, 0.2) is 18.2 Å². The van der Waals surface area contributed by atoms with Crippen molar-refractivity contribution in [2.75, 3.05) is 6.61 Å². The molecule has 0 aliphatic rings. The molecule has 0 amide bonds. The Morgan fingerprint density at radius 1 is 1.46 bits per heavy atom. The number of hydrogen-bond donors (Lipinski definition) is 2. The van der Waals surface area contributed by atoms with Crippen molar-refractivity contribution in [3.05, 3.63) is 33.8 Å². The summed E-state index contributed by atoms with van der Waals surface area (Å²) in [7, 11) is 0. The van der Waals surface area contributed by atoms with Crippen LogP contribution < -0.4 is 5.73 Å². The third-order valence-corrected chi connectivity index (χ3v) is 2.71. The summed E-state index contributed by atoms with van der Waals surface area (Å²) in [5.74, 6) is 0. The molecule has 0 aliphatic heterocycles. The van der Waals surface area contributed by atoms with Crippen molar-refractivity contribution in [1.29, 1.82) is 0 Å². The Kier molecular flexibility index (Phi) is 3.19. The molecule has 0 heterocycles. The Labute approximate surface area is 87.3 Å². The summed E-state index contributed by atoms with van der Waals surface area (Å²) in [4.78, 5) is 0. The van der Waals surface area contributed by atoms with E-state index in [1.54, 1.807) is 25.1 Å². The summed E-state index contributed by atoms with van der Waals surface area (Å²) in [5, 5.41) is 9.89. The molecular weight excluding hydrogens is 209 g/mol. The largest absolute Gasteiger partial charge is 0.394 e.